The number of fused-ring (bicyclic) bond motifs is 1. The Balaban J connectivity index is 2.23. The molecule has 0 aliphatic heterocycles. The molecular formula is C18H22N2. The van der Waals surface area contributed by atoms with Crippen LogP contribution in [0.2, 0.25) is 0 Å². The van der Waals surface area contributed by atoms with Gasteiger partial charge in [0, 0.05) is 16.8 Å². The first kappa shape index (κ1) is 13.0. The van der Waals surface area contributed by atoms with E-state index in [4.69, 9.17) is 11.5 Å². The Morgan fingerprint density at radius 3 is 2.20 bits per heavy atom. The molecule has 0 amide bonds. The third-order valence-corrected chi connectivity index (χ3v) is 4.71. The van der Waals surface area contributed by atoms with E-state index in [1.165, 1.54) is 16.7 Å². The zero-order valence-electron chi connectivity index (χ0n) is 12.4. The maximum absolute atomic E-state index is 6.25. The van der Waals surface area contributed by atoms with E-state index in [-0.39, 0.29) is 10.8 Å². The lowest BCUT2D eigenvalue weighted by atomic mass is 9.75. The molecule has 0 fully saturated rings. The molecule has 0 aromatic heterocycles. The van der Waals surface area contributed by atoms with Crippen molar-refractivity contribution in [3.05, 3.63) is 59.2 Å². The van der Waals surface area contributed by atoms with E-state index >= 15 is 0 Å². The van der Waals surface area contributed by atoms with Gasteiger partial charge in [-0.3, -0.25) is 0 Å². The fourth-order valence-electron chi connectivity index (χ4n) is 3.96. The molecular weight excluding hydrogens is 244 g/mol. The maximum atomic E-state index is 6.25. The summed E-state index contributed by atoms with van der Waals surface area (Å²) in [7, 11) is 0. The molecule has 2 aromatic carbocycles. The molecule has 0 bridgehead atoms. The van der Waals surface area contributed by atoms with E-state index < -0.39 is 0 Å². The van der Waals surface area contributed by atoms with Crippen LogP contribution in [0.25, 0.3) is 0 Å². The number of benzene rings is 2. The first-order valence-corrected chi connectivity index (χ1v) is 7.10. The Bertz CT molecular complexity index is 656. The van der Waals surface area contributed by atoms with Gasteiger partial charge in [-0.1, -0.05) is 45.0 Å². The summed E-state index contributed by atoms with van der Waals surface area (Å²) in [4.78, 5) is 0. The van der Waals surface area contributed by atoms with Gasteiger partial charge >= 0.3 is 0 Å². The molecule has 1 aliphatic rings. The number of anilines is 2. The van der Waals surface area contributed by atoms with E-state index in [1.807, 2.05) is 18.2 Å². The van der Waals surface area contributed by atoms with Crippen molar-refractivity contribution >= 4 is 11.4 Å². The molecule has 104 valence electrons. The highest BCUT2D eigenvalue weighted by Gasteiger charge is 2.46. The molecule has 0 saturated heterocycles. The smallest absolute Gasteiger partial charge is 0.0355 e. The molecule has 2 heteroatoms. The minimum absolute atomic E-state index is 0.00190. The zero-order valence-corrected chi connectivity index (χ0v) is 12.4. The van der Waals surface area contributed by atoms with Crippen molar-refractivity contribution in [2.24, 2.45) is 0 Å². The van der Waals surface area contributed by atoms with E-state index in [0.717, 1.165) is 17.8 Å². The standard InChI is InChI=1S/C18H22N2/c1-17(2)11-18(3,12-7-9-13(19)10-8-12)14-5-4-6-15(20)16(14)17/h4-10H,11,19-20H2,1-3H3. The van der Waals surface area contributed by atoms with Gasteiger partial charge in [-0.05, 0) is 46.7 Å². The second-order valence-electron chi connectivity index (χ2n) is 6.78. The van der Waals surface area contributed by atoms with Crippen molar-refractivity contribution in [2.45, 2.75) is 38.0 Å². The topological polar surface area (TPSA) is 52.0 Å². The van der Waals surface area contributed by atoms with Gasteiger partial charge in [0.1, 0.15) is 0 Å². The molecule has 0 radical (unpaired) electrons. The molecule has 3 rings (SSSR count). The largest absolute Gasteiger partial charge is 0.399 e. The first-order chi connectivity index (χ1) is 9.34. The average Bonchev–Trinajstić information content (AvgIpc) is 2.59. The van der Waals surface area contributed by atoms with Crippen LogP contribution >= 0.6 is 0 Å². The molecule has 0 heterocycles. The van der Waals surface area contributed by atoms with Gasteiger partial charge < -0.3 is 11.5 Å². The fourth-order valence-corrected chi connectivity index (χ4v) is 3.96. The molecule has 2 aromatic rings. The predicted octanol–water partition coefficient (Wildman–Crippen LogP) is 3.84. The van der Waals surface area contributed by atoms with Gasteiger partial charge in [-0.25, -0.2) is 0 Å². The van der Waals surface area contributed by atoms with Crippen molar-refractivity contribution < 1.29 is 0 Å². The van der Waals surface area contributed by atoms with Gasteiger partial charge in [0.2, 0.25) is 0 Å². The molecule has 20 heavy (non-hydrogen) atoms. The lowest BCUT2D eigenvalue weighted by Gasteiger charge is -2.28. The SMILES string of the molecule is CC1(C)CC(C)(c2ccc(N)cc2)c2cccc(N)c21. The van der Waals surface area contributed by atoms with E-state index in [2.05, 4.69) is 45.0 Å². The molecule has 4 N–H and O–H groups in total. The van der Waals surface area contributed by atoms with Crippen LogP contribution in [-0.4, -0.2) is 0 Å². The van der Waals surface area contributed by atoms with Crippen LogP contribution in [0, 0.1) is 0 Å². The number of nitrogens with two attached hydrogens (primary N) is 2. The van der Waals surface area contributed by atoms with Crippen molar-refractivity contribution in [2.75, 3.05) is 11.5 Å². The Hall–Kier alpha value is -1.96. The number of nitrogen functional groups attached to an aromatic ring is 2. The summed E-state index contributed by atoms with van der Waals surface area (Å²) in [5, 5.41) is 0. The summed E-state index contributed by atoms with van der Waals surface area (Å²) < 4.78 is 0. The summed E-state index contributed by atoms with van der Waals surface area (Å²) >= 11 is 0. The molecule has 0 saturated carbocycles. The lowest BCUT2D eigenvalue weighted by Crippen LogP contribution is -2.23. The van der Waals surface area contributed by atoms with Crippen molar-refractivity contribution in [3.8, 4) is 0 Å². The number of rotatable bonds is 1. The molecule has 2 nitrogen and oxygen atoms in total. The highest BCUT2D eigenvalue weighted by atomic mass is 14.6. The summed E-state index contributed by atoms with van der Waals surface area (Å²) in [5.41, 5.74) is 17.9. The molecule has 1 aliphatic carbocycles. The number of hydrogen-bond acceptors (Lipinski definition) is 2. The summed E-state index contributed by atoms with van der Waals surface area (Å²) in [6, 6.07) is 14.5. The molecule has 0 spiro atoms. The zero-order chi connectivity index (χ0) is 14.5. The minimum Gasteiger partial charge on any atom is -0.399 e. The van der Waals surface area contributed by atoms with Crippen molar-refractivity contribution in [1.29, 1.82) is 0 Å². The third-order valence-electron chi connectivity index (χ3n) is 4.71. The van der Waals surface area contributed by atoms with E-state index in [1.54, 1.807) is 0 Å². The highest BCUT2D eigenvalue weighted by molar-refractivity contribution is 5.63. The first-order valence-electron chi connectivity index (χ1n) is 7.10. The van der Waals surface area contributed by atoms with Crippen LogP contribution in [0.4, 0.5) is 11.4 Å². The lowest BCUT2D eigenvalue weighted by molar-refractivity contribution is 0.425. The monoisotopic (exact) mass is 266 g/mol. The van der Waals surface area contributed by atoms with Crippen LogP contribution < -0.4 is 11.5 Å². The number of hydrogen-bond donors (Lipinski definition) is 2. The van der Waals surface area contributed by atoms with Crippen LogP contribution in [-0.2, 0) is 10.8 Å². The van der Waals surface area contributed by atoms with Crippen LogP contribution in [0.15, 0.2) is 42.5 Å². The van der Waals surface area contributed by atoms with Crippen LogP contribution in [0.5, 0.6) is 0 Å². The average molecular weight is 266 g/mol. The van der Waals surface area contributed by atoms with Crippen molar-refractivity contribution in [1.82, 2.24) is 0 Å². The second kappa shape index (κ2) is 4.02. The van der Waals surface area contributed by atoms with Crippen LogP contribution in [0.3, 0.4) is 0 Å². The van der Waals surface area contributed by atoms with Gasteiger partial charge in [-0.15, -0.1) is 0 Å². The quantitative estimate of drug-likeness (QED) is 0.770. The van der Waals surface area contributed by atoms with Gasteiger partial charge in [0.15, 0.2) is 0 Å². The summed E-state index contributed by atoms with van der Waals surface area (Å²) in [6.45, 7) is 6.88. The maximum Gasteiger partial charge on any atom is 0.0355 e. The molecule has 1 atom stereocenters. The van der Waals surface area contributed by atoms with E-state index in [0.29, 0.717) is 0 Å². The van der Waals surface area contributed by atoms with Gasteiger partial charge in [0.25, 0.3) is 0 Å². The third kappa shape index (κ3) is 1.71. The minimum atomic E-state index is 0.00190. The predicted molar refractivity (Wildman–Crippen MR) is 85.8 cm³/mol. The Morgan fingerprint density at radius 2 is 1.55 bits per heavy atom. The summed E-state index contributed by atoms with van der Waals surface area (Å²) in [5.74, 6) is 0. The Labute approximate surface area is 120 Å². The van der Waals surface area contributed by atoms with Gasteiger partial charge in [-0.2, -0.15) is 0 Å². The Kier molecular flexibility index (Phi) is 2.62. The van der Waals surface area contributed by atoms with Crippen molar-refractivity contribution in [3.63, 3.8) is 0 Å². The highest BCUT2D eigenvalue weighted by Crippen LogP contribution is 2.54. The molecule has 1 unspecified atom stereocenters. The Morgan fingerprint density at radius 1 is 0.900 bits per heavy atom. The normalized spacial score (nSPS) is 23.6. The van der Waals surface area contributed by atoms with Crippen LogP contribution in [0.1, 0.15) is 43.9 Å². The second-order valence-corrected chi connectivity index (χ2v) is 6.78. The summed E-state index contributed by atoms with van der Waals surface area (Å²) in [6.07, 6.45) is 1.06. The van der Waals surface area contributed by atoms with E-state index in [9.17, 15) is 0 Å². The van der Waals surface area contributed by atoms with Gasteiger partial charge in [0.05, 0.1) is 0 Å². The fraction of sp³-hybridized carbons (Fsp3) is 0.333.